The Balaban J connectivity index is 1.91. The number of rotatable bonds is 6. The zero-order chi connectivity index (χ0) is 15.5. The Labute approximate surface area is 126 Å². The van der Waals surface area contributed by atoms with Gasteiger partial charge in [0.25, 0.3) is 10.2 Å². The number of aryl methyl sites for hydroxylation is 2. The minimum atomic E-state index is -3.44. The van der Waals surface area contributed by atoms with Crippen molar-refractivity contribution in [3.63, 3.8) is 0 Å². The van der Waals surface area contributed by atoms with Gasteiger partial charge in [-0.3, -0.25) is 0 Å². The summed E-state index contributed by atoms with van der Waals surface area (Å²) in [6.07, 6.45) is 1.79. The minimum absolute atomic E-state index is 0.222. The van der Waals surface area contributed by atoms with E-state index in [4.69, 9.17) is 4.52 Å². The van der Waals surface area contributed by atoms with E-state index in [1.54, 1.807) is 6.92 Å². The fourth-order valence-corrected chi connectivity index (χ4v) is 3.85. The van der Waals surface area contributed by atoms with Crippen LogP contribution >= 0.6 is 0 Å². The fraction of sp³-hybridized carbons (Fsp3) is 0.769. The number of aromatic nitrogens is 1. The Kier molecular flexibility index (Phi) is 5.37. The molecular weight excluding hydrogens is 292 g/mol. The molecule has 1 aromatic rings. The van der Waals surface area contributed by atoms with Crippen LogP contribution in [0, 0.1) is 19.8 Å². The SMILES string of the molecule is CNCC1CCN(S(=O)(=O)NCc2c(C)noc2C)CC1. The molecule has 2 rings (SSSR count). The smallest absolute Gasteiger partial charge is 0.279 e. The van der Waals surface area contributed by atoms with Crippen molar-refractivity contribution < 1.29 is 12.9 Å². The Morgan fingerprint density at radius 3 is 2.52 bits per heavy atom. The molecule has 8 heteroatoms. The van der Waals surface area contributed by atoms with Gasteiger partial charge in [-0.25, -0.2) is 0 Å². The fourth-order valence-electron chi connectivity index (χ4n) is 2.65. The van der Waals surface area contributed by atoms with Crippen molar-refractivity contribution >= 4 is 10.2 Å². The Morgan fingerprint density at radius 2 is 2.00 bits per heavy atom. The zero-order valence-corrected chi connectivity index (χ0v) is 13.7. The minimum Gasteiger partial charge on any atom is -0.361 e. The lowest BCUT2D eigenvalue weighted by atomic mass is 9.98. The molecule has 2 N–H and O–H groups in total. The topological polar surface area (TPSA) is 87.5 Å². The molecule has 0 aromatic carbocycles. The van der Waals surface area contributed by atoms with E-state index in [9.17, 15) is 8.42 Å². The molecule has 1 fully saturated rings. The quantitative estimate of drug-likeness (QED) is 0.800. The highest BCUT2D eigenvalue weighted by Gasteiger charge is 2.27. The number of piperidine rings is 1. The molecule has 0 bridgehead atoms. The molecular formula is C13H24N4O3S. The summed E-state index contributed by atoms with van der Waals surface area (Å²) < 4.78 is 33.8. The highest BCUT2D eigenvalue weighted by atomic mass is 32.2. The lowest BCUT2D eigenvalue weighted by molar-refractivity contribution is 0.268. The van der Waals surface area contributed by atoms with Crippen LogP contribution in [-0.2, 0) is 16.8 Å². The molecule has 1 aromatic heterocycles. The van der Waals surface area contributed by atoms with Crippen LogP contribution in [0.25, 0.3) is 0 Å². The van der Waals surface area contributed by atoms with Gasteiger partial charge >= 0.3 is 0 Å². The summed E-state index contributed by atoms with van der Waals surface area (Å²) in [7, 11) is -1.51. The maximum absolute atomic E-state index is 12.3. The van der Waals surface area contributed by atoms with E-state index < -0.39 is 10.2 Å². The molecule has 0 radical (unpaired) electrons. The predicted molar refractivity (Wildman–Crippen MR) is 80.0 cm³/mol. The first-order valence-electron chi connectivity index (χ1n) is 7.25. The van der Waals surface area contributed by atoms with E-state index in [1.807, 2.05) is 14.0 Å². The van der Waals surface area contributed by atoms with E-state index in [-0.39, 0.29) is 6.54 Å². The highest BCUT2D eigenvalue weighted by molar-refractivity contribution is 7.87. The van der Waals surface area contributed by atoms with E-state index in [0.717, 1.165) is 30.6 Å². The predicted octanol–water partition coefficient (Wildman–Crippen LogP) is 0.557. The molecule has 120 valence electrons. The third kappa shape index (κ3) is 4.03. The maximum atomic E-state index is 12.3. The van der Waals surface area contributed by atoms with Crippen molar-refractivity contribution in [3.8, 4) is 0 Å². The molecule has 0 spiro atoms. The number of nitrogens with zero attached hydrogens (tertiary/aromatic N) is 2. The molecule has 21 heavy (non-hydrogen) atoms. The summed E-state index contributed by atoms with van der Waals surface area (Å²) in [6, 6.07) is 0. The van der Waals surface area contributed by atoms with Crippen molar-refractivity contribution in [3.05, 3.63) is 17.0 Å². The van der Waals surface area contributed by atoms with Gasteiger partial charge in [-0.05, 0) is 46.2 Å². The van der Waals surface area contributed by atoms with Gasteiger partial charge in [0.2, 0.25) is 0 Å². The van der Waals surface area contributed by atoms with Crippen molar-refractivity contribution in [2.24, 2.45) is 5.92 Å². The summed E-state index contributed by atoms with van der Waals surface area (Å²) >= 11 is 0. The van der Waals surface area contributed by atoms with Crippen LogP contribution in [0.3, 0.4) is 0 Å². The van der Waals surface area contributed by atoms with Gasteiger partial charge in [-0.15, -0.1) is 0 Å². The van der Waals surface area contributed by atoms with E-state index >= 15 is 0 Å². The molecule has 7 nitrogen and oxygen atoms in total. The summed E-state index contributed by atoms with van der Waals surface area (Å²) in [5.74, 6) is 1.21. The van der Waals surface area contributed by atoms with E-state index in [0.29, 0.717) is 24.8 Å². The second-order valence-corrected chi connectivity index (χ2v) is 7.28. The number of hydrogen-bond acceptors (Lipinski definition) is 5. The van der Waals surface area contributed by atoms with Gasteiger partial charge in [0.1, 0.15) is 5.76 Å². The van der Waals surface area contributed by atoms with Gasteiger partial charge in [0, 0.05) is 25.2 Å². The molecule has 0 saturated carbocycles. The average Bonchev–Trinajstić information content (AvgIpc) is 2.77. The molecule has 1 saturated heterocycles. The van der Waals surface area contributed by atoms with Crippen molar-refractivity contribution in [2.45, 2.75) is 33.2 Å². The van der Waals surface area contributed by atoms with Crippen LogP contribution < -0.4 is 10.0 Å². The monoisotopic (exact) mass is 316 g/mol. The van der Waals surface area contributed by atoms with Crippen molar-refractivity contribution in [2.75, 3.05) is 26.7 Å². The lowest BCUT2D eigenvalue weighted by Crippen LogP contribution is -2.45. The van der Waals surface area contributed by atoms with Crippen molar-refractivity contribution in [1.82, 2.24) is 19.5 Å². The van der Waals surface area contributed by atoms with Crippen LogP contribution in [0.15, 0.2) is 4.52 Å². The maximum Gasteiger partial charge on any atom is 0.279 e. The van der Waals surface area contributed by atoms with Gasteiger partial charge < -0.3 is 9.84 Å². The highest BCUT2D eigenvalue weighted by Crippen LogP contribution is 2.19. The lowest BCUT2D eigenvalue weighted by Gasteiger charge is -2.31. The number of nitrogens with one attached hydrogen (secondary N) is 2. The average molecular weight is 316 g/mol. The molecule has 1 aliphatic heterocycles. The second kappa shape index (κ2) is 6.87. The first-order chi connectivity index (χ1) is 9.94. The largest absolute Gasteiger partial charge is 0.361 e. The molecule has 0 amide bonds. The van der Waals surface area contributed by atoms with Crippen LogP contribution in [0.4, 0.5) is 0 Å². The van der Waals surface area contributed by atoms with Crippen LogP contribution in [-0.4, -0.2) is 44.6 Å². The van der Waals surface area contributed by atoms with Gasteiger partial charge in [0.15, 0.2) is 0 Å². The first-order valence-corrected chi connectivity index (χ1v) is 8.69. The van der Waals surface area contributed by atoms with Crippen LogP contribution in [0.2, 0.25) is 0 Å². The van der Waals surface area contributed by atoms with Gasteiger partial charge in [-0.1, -0.05) is 5.16 Å². The number of hydrogen-bond donors (Lipinski definition) is 2. The third-order valence-electron chi connectivity index (χ3n) is 4.02. The van der Waals surface area contributed by atoms with E-state index in [2.05, 4.69) is 15.2 Å². The molecule has 0 aliphatic carbocycles. The summed E-state index contributed by atoms with van der Waals surface area (Å²) in [4.78, 5) is 0. The second-order valence-electron chi connectivity index (χ2n) is 5.53. The summed E-state index contributed by atoms with van der Waals surface area (Å²) in [6.45, 7) is 5.91. The molecule has 2 heterocycles. The Hall–Kier alpha value is -0.960. The Morgan fingerprint density at radius 1 is 1.33 bits per heavy atom. The summed E-state index contributed by atoms with van der Waals surface area (Å²) in [5.41, 5.74) is 1.53. The van der Waals surface area contributed by atoms with Crippen molar-refractivity contribution in [1.29, 1.82) is 0 Å². The standard InChI is InChI=1S/C13H24N4O3S/c1-10-13(11(2)20-16-10)9-15-21(18,19)17-6-4-12(5-7-17)8-14-3/h12,14-15H,4-9H2,1-3H3. The zero-order valence-electron chi connectivity index (χ0n) is 12.8. The molecule has 0 unspecified atom stereocenters. The van der Waals surface area contributed by atoms with E-state index in [1.165, 1.54) is 4.31 Å². The first kappa shape index (κ1) is 16.4. The normalized spacial score (nSPS) is 18.2. The van der Waals surface area contributed by atoms with Crippen LogP contribution in [0.5, 0.6) is 0 Å². The van der Waals surface area contributed by atoms with Gasteiger partial charge in [-0.2, -0.15) is 17.4 Å². The molecule has 0 atom stereocenters. The van der Waals surface area contributed by atoms with Crippen LogP contribution in [0.1, 0.15) is 29.9 Å². The Bertz CT molecular complexity index is 542. The molecule has 1 aliphatic rings. The third-order valence-corrected chi connectivity index (χ3v) is 5.57. The summed E-state index contributed by atoms with van der Waals surface area (Å²) in [5, 5.41) is 6.98. The van der Waals surface area contributed by atoms with Gasteiger partial charge in [0.05, 0.1) is 5.69 Å².